The van der Waals surface area contributed by atoms with Crippen molar-refractivity contribution in [2.75, 3.05) is 7.11 Å². The highest BCUT2D eigenvalue weighted by atomic mass is 16.5. The molecule has 0 aromatic heterocycles. The van der Waals surface area contributed by atoms with Crippen LogP contribution in [0.25, 0.3) is 0 Å². The number of aliphatic hydroxyl groups is 1. The van der Waals surface area contributed by atoms with Gasteiger partial charge in [-0.25, -0.2) is 4.79 Å². The van der Waals surface area contributed by atoms with Gasteiger partial charge in [0, 0.05) is 12.8 Å². The van der Waals surface area contributed by atoms with Gasteiger partial charge in [0.15, 0.2) is 0 Å². The standard InChI is InChI=1S/C21H30O4/c1-15-10-17(12-18(11-15)21(24)25-2)14-20(23)13-16-6-3-4-8-19(22)9-5-7-16/h10-12,16,19,22H,3-9,13-14H2,1-2H3. The van der Waals surface area contributed by atoms with E-state index in [-0.39, 0.29) is 17.9 Å². The first-order valence-corrected chi connectivity index (χ1v) is 9.36. The fraction of sp³-hybridized carbons (Fsp3) is 0.619. The molecule has 0 amide bonds. The molecule has 2 atom stereocenters. The molecule has 2 unspecified atom stereocenters. The average Bonchev–Trinajstić information content (AvgIpc) is 2.66. The summed E-state index contributed by atoms with van der Waals surface area (Å²) in [6.07, 6.45) is 7.75. The highest BCUT2D eigenvalue weighted by Crippen LogP contribution is 2.25. The summed E-state index contributed by atoms with van der Waals surface area (Å²) >= 11 is 0. The fourth-order valence-electron chi connectivity index (χ4n) is 3.77. The molecule has 1 aromatic rings. The average molecular weight is 346 g/mol. The third-order valence-electron chi connectivity index (χ3n) is 5.03. The van der Waals surface area contributed by atoms with Crippen molar-refractivity contribution in [3.8, 4) is 0 Å². The van der Waals surface area contributed by atoms with Crippen LogP contribution in [-0.4, -0.2) is 30.1 Å². The number of Topliss-reactive ketones (excluding diaryl/α,β-unsaturated/α-hetero) is 1. The minimum Gasteiger partial charge on any atom is -0.465 e. The van der Waals surface area contributed by atoms with E-state index in [2.05, 4.69) is 0 Å². The van der Waals surface area contributed by atoms with Crippen LogP contribution in [0.15, 0.2) is 18.2 Å². The first-order chi connectivity index (χ1) is 12.0. The van der Waals surface area contributed by atoms with Crippen LogP contribution >= 0.6 is 0 Å². The van der Waals surface area contributed by atoms with Gasteiger partial charge < -0.3 is 9.84 Å². The monoisotopic (exact) mass is 346 g/mol. The van der Waals surface area contributed by atoms with Gasteiger partial charge in [0.2, 0.25) is 0 Å². The van der Waals surface area contributed by atoms with E-state index in [4.69, 9.17) is 4.74 Å². The Morgan fingerprint density at radius 2 is 1.76 bits per heavy atom. The van der Waals surface area contributed by atoms with Gasteiger partial charge in [0.05, 0.1) is 18.8 Å². The molecular formula is C21H30O4. The predicted molar refractivity (Wildman–Crippen MR) is 97.7 cm³/mol. The van der Waals surface area contributed by atoms with Crippen LogP contribution in [0.4, 0.5) is 0 Å². The lowest BCUT2D eigenvalue weighted by atomic mass is 9.90. The van der Waals surface area contributed by atoms with Gasteiger partial charge in [0.25, 0.3) is 0 Å². The molecule has 1 aliphatic rings. The van der Waals surface area contributed by atoms with Gasteiger partial charge in [-0.1, -0.05) is 31.7 Å². The molecule has 0 heterocycles. The van der Waals surface area contributed by atoms with Crippen LogP contribution in [-0.2, 0) is 16.0 Å². The summed E-state index contributed by atoms with van der Waals surface area (Å²) in [5.41, 5.74) is 2.34. The van der Waals surface area contributed by atoms with Gasteiger partial charge in [-0.2, -0.15) is 0 Å². The minimum atomic E-state index is -0.368. The Bertz CT molecular complexity index is 594. The summed E-state index contributed by atoms with van der Waals surface area (Å²) in [5, 5.41) is 9.81. The number of aliphatic hydroxyl groups excluding tert-OH is 1. The number of aryl methyl sites for hydroxylation is 1. The van der Waals surface area contributed by atoms with Crippen LogP contribution in [0.3, 0.4) is 0 Å². The molecule has 1 fully saturated rings. The largest absolute Gasteiger partial charge is 0.465 e. The third kappa shape index (κ3) is 6.62. The van der Waals surface area contributed by atoms with Gasteiger partial charge in [-0.3, -0.25) is 4.79 Å². The fourth-order valence-corrected chi connectivity index (χ4v) is 3.77. The van der Waals surface area contributed by atoms with Crippen LogP contribution in [0.5, 0.6) is 0 Å². The summed E-state index contributed by atoms with van der Waals surface area (Å²) in [4.78, 5) is 24.2. The maximum Gasteiger partial charge on any atom is 0.337 e. The number of ether oxygens (including phenoxy) is 1. The molecule has 0 spiro atoms. The normalized spacial score (nSPS) is 21.7. The van der Waals surface area contributed by atoms with E-state index in [0.717, 1.165) is 56.1 Å². The number of benzene rings is 1. The van der Waals surface area contributed by atoms with Gasteiger partial charge in [-0.15, -0.1) is 0 Å². The van der Waals surface area contributed by atoms with Crippen molar-refractivity contribution in [1.29, 1.82) is 0 Å². The second-order valence-electron chi connectivity index (χ2n) is 7.35. The van der Waals surface area contributed by atoms with E-state index < -0.39 is 0 Å². The first kappa shape index (κ1) is 19.6. The first-order valence-electron chi connectivity index (χ1n) is 9.36. The number of hydrogen-bond donors (Lipinski definition) is 1. The lowest BCUT2D eigenvalue weighted by Gasteiger charge is -2.15. The van der Waals surface area contributed by atoms with Crippen LogP contribution < -0.4 is 0 Å². The Balaban J connectivity index is 1.94. The number of carbonyl (C=O) groups is 2. The Hall–Kier alpha value is -1.68. The number of carbonyl (C=O) groups excluding carboxylic acids is 2. The summed E-state index contributed by atoms with van der Waals surface area (Å²) in [6, 6.07) is 5.50. The molecule has 2 rings (SSSR count). The van der Waals surface area contributed by atoms with Crippen molar-refractivity contribution in [3.05, 3.63) is 34.9 Å². The summed E-state index contributed by atoms with van der Waals surface area (Å²) in [6.45, 7) is 1.92. The van der Waals surface area contributed by atoms with Crippen molar-refractivity contribution < 1.29 is 19.4 Å². The number of esters is 1. The van der Waals surface area contributed by atoms with E-state index >= 15 is 0 Å². The molecule has 0 bridgehead atoms. The molecule has 0 saturated heterocycles. The Morgan fingerprint density at radius 3 is 2.52 bits per heavy atom. The smallest absolute Gasteiger partial charge is 0.337 e. The minimum absolute atomic E-state index is 0.168. The highest BCUT2D eigenvalue weighted by Gasteiger charge is 2.18. The Morgan fingerprint density at radius 1 is 1.08 bits per heavy atom. The molecule has 0 aliphatic heterocycles. The zero-order chi connectivity index (χ0) is 18.2. The quantitative estimate of drug-likeness (QED) is 0.818. The van der Waals surface area contributed by atoms with Gasteiger partial charge in [-0.05, 0) is 55.4 Å². The molecule has 138 valence electrons. The molecule has 1 N–H and O–H groups in total. The predicted octanol–water partition coefficient (Wildman–Crippen LogP) is 4.00. The molecule has 25 heavy (non-hydrogen) atoms. The molecule has 4 heteroatoms. The van der Waals surface area contributed by atoms with E-state index in [1.54, 1.807) is 12.1 Å². The van der Waals surface area contributed by atoms with Crippen molar-refractivity contribution in [1.82, 2.24) is 0 Å². The van der Waals surface area contributed by atoms with Crippen molar-refractivity contribution in [3.63, 3.8) is 0 Å². The van der Waals surface area contributed by atoms with E-state index in [9.17, 15) is 14.7 Å². The lowest BCUT2D eigenvalue weighted by Crippen LogP contribution is -2.12. The summed E-state index contributed by atoms with van der Waals surface area (Å²) in [7, 11) is 1.36. The molecule has 1 aliphatic carbocycles. The zero-order valence-corrected chi connectivity index (χ0v) is 15.4. The maximum atomic E-state index is 12.5. The molecule has 1 saturated carbocycles. The van der Waals surface area contributed by atoms with Crippen molar-refractivity contribution >= 4 is 11.8 Å². The summed E-state index contributed by atoms with van der Waals surface area (Å²) in [5.74, 6) is 0.279. The van der Waals surface area contributed by atoms with Crippen LogP contribution in [0.2, 0.25) is 0 Å². The SMILES string of the molecule is COC(=O)c1cc(C)cc(CC(=O)CC2CCCCC(O)CCC2)c1. The number of methoxy groups -OCH3 is 1. The van der Waals surface area contributed by atoms with E-state index in [1.807, 2.05) is 13.0 Å². The zero-order valence-electron chi connectivity index (χ0n) is 15.4. The second-order valence-corrected chi connectivity index (χ2v) is 7.35. The molecular weight excluding hydrogens is 316 g/mol. The van der Waals surface area contributed by atoms with E-state index in [0.29, 0.717) is 24.3 Å². The lowest BCUT2D eigenvalue weighted by molar-refractivity contribution is -0.119. The van der Waals surface area contributed by atoms with E-state index in [1.165, 1.54) is 7.11 Å². The van der Waals surface area contributed by atoms with Crippen LogP contribution in [0, 0.1) is 12.8 Å². The topological polar surface area (TPSA) is 63.6 Å². The molecule has 0 radical (unpaired) electrons. The Kier molecular flexibility index (Phi) is 7.63. The molecule has 1 aromatic carbocycles. The number of ketones is 1. The molecule has 4 nitrogen and oxygen atoms in total. The summed E-state index contributed by atoms with van der Waals surface area (Å²) < 4.78 is 4.77. The number of hydrogen-bond acceptors (Lipinski definition) is 4. The Labute approximate surface area is 150 Å². The van der Waals surface area contributed by atoms with Crippen LogP contribution in [0.1, 0.15) is 72.9 Å². The van der Waals surface area contributed by atoms with Gasteiger partial charge >= 0.3 is 5.97 Å². The van der Waals surface area contributed by atoms with Gasteiger partial charge in [0.1, 0.15) is 5.78 Å². The van der Waals surface area contributed by atoms with Crippen molar-refractivity contribution in [2.45, 2.75) is 70.8 Å². The van der Waals surface area contributed by atoms with Crippen molar-refractivity contribution in [2.24, 2.45) is 5.92 Å². The number of rotatable bonds is 5. The second kappa shape index (κ2) is 9.71. The third-order valence-corrected chi connectivity index (χ3v) is 5.03. The highest BCUT2D eigenvalue weighted by molar-refractivity contribution is 5.90. The maximum absolute atomic E-state index is 12.5.